The molecule has 34 heavy (non-hydrogen) atoms. The maximum atomic E-state index is 13.2. The summed E-state index contributed by atoms with van der Waals surface area (Å²) < 4.78 is 0. The maximum absolute atomic E-state index is 13.2. The van der Waals surface area contributed by atoms with E-state index >= 15 is 0 Å². The third-order valence-electron chi connectivity index (χ3n) is 8.17. The van der Waals surface area contributed by atoms with Crippen molar-refractivity contribution in [2.45, 2.75) is 62.4 Å². The van der Waals surface area contributed by atoms with Crippen molar-refractivity contribution in [3.63, 3.8) is 0 Å². The van der Waals surface area contributed by atoms with Gasteiger partial charge in [0.2, 0.25) is 17.7 Å². The number of piperazine rings is 1. The first kappa shape index (κ1) is 21.3. The molecule has 1 aromatic carbocycles. The molecule has 6 rings (SSSR count). The highest BCUT2D eigenvalue weighted by Gasteiger charge is 2.51. The first-order chi connectivity index (χ1) is 16.4. The zero-order chi connectivity index (χ0) is 23.5. The Bertz CT molecular complexity index is 1200. The van der Waals surface area contributed by atoms with Crippen LogP contribution in [0.2, 0.25) is 0 Å². The minimum absolute atomic E-state index is 0.0185. The molecule has 0 unspecified atom stereocenters. The fourth-order valence-corrected chi connectivity index (χ4v) is 6.30. The van der Waals surface area contributed by atoms with Crippen LogP contribution < -0.4 is 16.0 Å². The second kappa shape index (κ2) is 7.63. The Morgan fingerprint density at radius 3 is 2.79 bits per heavy atom. The molecule has 8 nitrogen and oxygen atoms in total. The lowest BCUT2D eigenvalue weighted by Crippen LogP contribution is -2.67. The molecule has 8 heteroatoms. The van der Waals surface area contributed by atoms with Crippen molar-refractivity contribution in [3.8, 4) is 0 Å². The first-order valence-corrected chi connectivity index (χ1v) is 12.1. The molecule has 2 atom stereocenters. The smallest absolute Gasteiger partial charge is 0.244 e. The fraction of sp³-hybridized carbons (Fsp3) is 0.462. The molecule has 3 heterocycles. The first-order valence-electron chi connectivity index (χ1n) is 12.1. The molecular weight excluding hydrogens is 430 g/mol. The van der Waals surface area contributed by atoms with E-state index in [0.29, 0.717) is 30.9 Å². The van der Waals surface area contributed by atoms with E-state index in [1.807, 2.05) is 37.3 Å². The van der Waals surface area contributed by atoms with Crippen LogP contribution in [0.4, 0.5) is 11.5 Å². The predicted octanol–water partition coefficient (Wildman–Crippen LogP) is 2.14. The highest BCUT2D eigenvalue weighted by molar-refractivity contribution is 6.06. The lowest BCUT2D eigenvalue weighted by atomic mass is 9.79. The monoisotopic (exact) mass is 459 g/mol. The van der Waals surface area contributed by atoms with Gasteiger partial charge in [0, 0.05) is 30.0 Å². The standard InChI is InChI=1S/C26H29N5O3/c1-16-14-28-26(8-2-3-9-26)24(34)31(16)15-21(32)29-19-7-6-17-12-25(13-18(17)11-19)20-5-4-10-27-22(20)30-23(25)33/h4-7,10-11,16,28H,2-3,8-9,12-15H2,1H3,(H,29,32)(H,27,30,33)/t16-,25+/m0/s1. The van der Waals surface area contributed by atoms with Crippen LogP contribution in [0.1, 0.15) is 49.3 Å². The highest BCUT2D eigenvalue weighted by Crippen LogP contribution is 2.47. The van der Waals surface area contributed by atoms with Gasteiger partial charge in [-0.3, -0.25) is 14.4 Å². The number of anilines is 2. The second-order valence-corrected chi connectivity index (χ2v) is 10.3. The molecule has 2 aliphatic heterocycles. The largest absolute Gasteiger partial charge is 0.328 e. The predicted molar refractivity (Wildman–Crippen MR) is 127 cm³/mol. The molecule has 0 bridgehead atoms. The van der Waals surface area contributed by atoms with E-state index in [9.17, 15) is 14.4 Å². The lowest BCUT2D eigenvalue weighted by Gasteiger charge is -2.44. The Kier molecular flexibility index (Phi) is 4.78. The molecule has 2 fully saturated rings. The van der Waals surface area contributed by atoms with Crippen LogP contribution in [-0.4, -0.2) is 52.3 Å². The number of aromatic nitrogens is 1. The number of fused-ring (bicyclic) bond motifs is 3. The third-order valence-corrected chi connectivity index (χ3v) is 8.17. The molecule has 3 amide bonds. The number of nitrogens with one attached hydrogen (secondary N) is 3. The van der Waals surface area contributed by atoms with Crippen molar-refractivity contribution in [1.29, 1.82) is 0 Å². The van der Waals surface area contributed by atoms with Crippen LogP contribution in [0.3, 0.4) is 0 Å². The van der Waals surface area contributed by atoms with Gasteiger partial charge < -0.3 is 20.9 Å². The van der Waals surface area contributed by atoms with Crippen LogP contribution in [0.25, 0.3) is 0 Å². The van der Waals surface area contributed by atoms with Gasteiger partial charge in [-0.05, 0) is 61.9 Å². The van der Waals surface area contributed by atoms with E-state index in [1.54, 1.807) is 11.1 Å². The molecule has 0 radical (unpaired) electrons. The summed E-state index contributed by atoms with van der Waals surface area (Å²) in [5.74, 6) is 0.476. The van der Waals surface area contributed by atoms with E-state index in [4.69, 9.17) is 0 Å². The number of hydrogen-bond acceptors (Lipinski definition) is 5. The van der Waals surface area contributed by atoms with Gasteiger partial charge >= 0.3 is 0 Å². The third kappa shape index (κ3) is 3.15. The van der Waals surface area contributed by atoms with Crippen molar-refractivity contribution in [2.75, 3.05) is 23.7 Å². The SMILES string of the molecule is C[C@H]1CNC2(CCCC2)C(=O)N1CC(=O)Nc1ccc2c(c1)C[C@@]1(C2)C(=O)Nc2ncccc21. The molecule has 1 aromatic heterocycles. The summed E-state index contributed by atoms with van der Waals surface area (Å²) in [6.45, 7) is 2.73. The second-order valence-electron chi connectivity index (χ2n) is 10.3. The molecule has 2 spiro atoms. The van der Waals surface area contributed by atoms with Crippen LogP contribution in [0, 0.1) is 0 Å². The van der Waals surface area contributed by atoms with Crippen molar-refractivity contribution >= 4 is 29.2 Å². The molecule has 2 aliphatic carbocycles. The number of carbonyl (C=O) groups is 3. The Hall–Kier alpha value is -3.26. The van der Waals surface area contributed by atoms with E-state index in [0.717, 1.165) is 42.4 Å². The van der Waals surface area contributed by atoms with E-state index in [1.165, 1.54) is 0 Å². The lowest BCUT2D eigenvalue weighted by molar-refractivity contribution is -0.146. The van der Waals surface area contributed by atoms with E-state index in [2.05, 4.69) is 20.9 Å². The van der Waals surface area contributed by atoms with Crippen molar-refractivity contribution in [1.82, 2.24) is 15.2 Å². The number of carbonyl (C=O) groups excluding carboxylic acids is 3. The molecule has 1 saturated heterocycles. The zero-order valence-corrected chi connectivity index (χ0v) is 19.3. The van der Waals surface area contributed by atoms with Crippen LogP contribution in [-0.2, 0) is 32.6 Å². The highest BCUT2D eigenvalue weighted by atomic mass is 16.2. The van der Waals surface area contributed by atoms with E-state index in [-0.39, 0.29) is 30.3 Å². The number of rotatable bonds is 3. The quantitative estimate of drug-likeness (QED) is 0.653. The van der Waals surface area contributed by atoms with Gasteiger partial charge in [0.25, 0.3) is 0 Å². The average Bonchev–Trinajstić information content (AvgIpc) is 3.52. The van der Waals surface area contributed by atoms with Gasteiger partial charge in [-0.15, -0.1) is 0 Å². The minimum atomic E-state index is -0.632. The number of benzene rings is 1. The number of hydrogen-bond donors (Lipinski definition) is 3. The maximum Gasteiger partial charge on any atom is 0.244 e. The summed E-state index contributed by atoms with van der Waals surface area (Å²) in [7, 11) is 0. The van der Waals surface area contributed by atoms with Crippen molar-refractivity contribution < 1.29 is 14.4 Å². The summed E-state index contributed by atoms with van der Waals surface area (Å²) in [6, 6.07) is 9.65. The van der Waals surface area contributed by atoms with Gasteiger partial charge in [-0.2, -0.15) is 0 Å². The van der Waals surface area contributed by atoms with Crippen LogP contribution in [0.5, 0.6) is 0 Å². The Morgan fingerprint density at radius 1 is 1.18 bits per heavy atom. The number of nitrogens with zero attached hydrogens (tertiary/aromatic N) is 2. The summed E-state index contributed by atoms with van der Waals surface area (Å²) in [6.07, 6.45) is 6.66. The summed E-state index contributed by atoms with van der Waals surface area (Å²) in [4.78, 5) is 45.1. The molecule has 1 saturated carbocycles. The van der Waals surface area contributed by atoms with E-state index < -0.39 is 11.0 Å². The van der Waals surface area contributed by atoms with Gasteiger partial charge in [-0.25, -0.2) is 4.98 Å². The van der Waals surface area contributed by atoms with Gasteiger partial charge in [0.15, 0.2) is 0 Å². The Labute approximate surface area is 198 Å². The normalized spacial score (nSPS) is 26.6. The summed E-state index contributed by atoms with van der Waals surface area (Å²) in [5, 5.41) is 9.36. The Morgan fingerprint density at radius 2 is 1.97 bits per heavy atom. The Balaban J connectivity index is 1.17. The summed E-state index contributed by atoms with van der Waals surface area (Å²) >= 11 is 0. The van der Waals surface area contributed by atoms with Gasteiger partial charge in [0.05, 0.1) is 11.0 Å². The topological polar surface area (TPSA) is 103 Å². The van der Waals surface area contributed by atoms with Crippen LogP contribution >= 0.6 is 0 Å². The average molecular weight is 460 g/mol. The fourth-order valence-electron chi connectivity index (χ4n) is 6.30. The molecule has 176 valence electrons. The van der Waals surface area contributed by atoms with Crippen molar-refractivity contribution in [3.05, 3.63) is 53.2 Å². The molecule has 2 aromatic rings. The van der Waals surface area contributed by atoms with Crippen molar-refractivity contribution in [2.24, 2.45) is 0 Å². The number of pyridine rings is 1. The summed E-state index contributed by atoms with van der Waals surface area (Å²) in [5.41, 5.74) is 2.68. The molecule has 4 aliphatic rings. The number of amides is 3. The minimum Gasteiger partial charge on any atom is -0.328 e. The molecule has 3 N–H and O–H groups in total. The molecular formula is C26H29N5O3. The zero-order valence-electron chi connectivity index (χ0n) is 19.3. The van der Waals surface area contributed by atoms with Gasteiger partial charge in [-0.1, -0.05) is 25.0 Å². The van der Waals surface area contributed by atoms with Gasteiger partial charge in [0.1, 0.15) is 12.4 Å². The van der Waals surface area contributed by atoms with Crippen LogP contribution in [0.15, 0.2) is 36.5 Å².